The number of rotatable bonds is 7. The van der Waals surface area contributed by atoms with Crippen LogP contribution in [0.5, 0.6) is 0 Å². The lowest BCUT2D eigenvalue weighted by molar-refractivity contribution is 0.101. The Kier molecular flexibility index (Phi) is 6.24. The Bertz CT molecular complexity index is 915. The Hall–Kier alpha value is -1.96. The molecule has 0 fully saturated rings. The lowest BCUT2D eigenvalue weighted by atomic mass is 10.1. The summed E-state index contributed by atoms with van der Waals surface area (Å²) in [5, 5.41) is 12.3. The summed E-state index contributed by atoms with van der Waals surface area (Å²) in [7, 11) is 0. The van der Waals surface area contributed by atoms with E-state index in [1.54, 1.807) is 30.8 Å². The van der Waals surface area contributed by atoms with Crippen LogP contribution in [0, 0.1) is 12.7 Å². The maximum absolute atomic E-state index is 13.5. The van der Waals surface area contributed by atoms with E-state index >= 15 is 0 Å². The summed E-state index contributed by atoms with van der Waals surface area (Å²) < 4.78 is 14.4. The number of Topliss-reactive ketones (excluding diaryl/α,β-unsaturated/α-hetero) is 1. The van der Waals surface area contributed by atoms with E-state index < -0.39 is 0 Å². The highest BCUT2D eigenvalue weighted by Crippen LogP contribution is 2.28. The number of aryl methyl sites for hydroxylation is 1. The Labute approximate surface area is 163 Å². The van der Waals surface area contributed by atoms with Crippen molar-refractivity contribution in [2.75, 3.05) is 11.9 Å². The number of hydrogen-bond donors (Lipinski definition) is 1. The molecule has 3 rings (SSSR count). The molecule has 0 aliphatic carbocycles. The molecule has 4 nitrogen and oxygen atoms in total. The minimum atomic E-state index is -0.382. The van der Waals surface area contributed by atoms with Gasteiger partial charge in [-0.3, -0.25) is 4.79 Å². The quantitative estimate of drug-likeness (QED) is 0.429. The number of anilines is 1. The van der Waals surface area contributed by atoms with Gasteiger partial charge in [-0.25, -0.2) is 4.39 Å². The lowest BCUT2D eigenvalue weighted by Gasteiger charge is -2.03. The summed E-state index contributed by atoms with van der Waals surface area (Å²) >= 11 is 8.81. The molecule has 26 heavy (non-hydrogen) atoms. The smallest absolute Gasteiger partial charge is 0.206 e. The average Bonchev–Trinajstić information content (AvgIpc) is 3.09. The van der Waals surface area contributed by atoms with Gasteiger partial charge in [0.25, 0.3) is 0 Å². The largest absolute Gasteiger partial charge is 0.353 e. The second kappa shape index (κ2) is 8.62. The van der Waals surface area contributed by atoms with Crippen molar-refractivity contribution < 1.29 is 9.18 Å². The molecular weight excluding hydrogens is 393 g/mol. The standard InChI is InChI=1S/C18H15ClFN3OS2/c1-11-2-5-13(8-15(11)20)16(24)9-21-17-22-23-18(26-17)25-10-12-3-6-14(19)7-4-12/h2-8H,9-10H2,1H3,(H,21,22). The maximum atomic E-state index is 13.5. The molecule has 8 heteroatoms. The molecule has 0 amide bonds. The monoisotopic (exact) mass is 407 g/mol. The number of carbonyl (C=O) groups excluding carboxylic acids is 1. The lowest BCUT2D eigenvalue weighted by Crippen LogP contribution is -2.14. The fourth-order valence-corrected chi connectivity index (χ4v) is 3.92. The predicted molar refractivity (Wildman–Crippen MR) is 105 cm³/mol. The van der Waals surface area contributed by atoms with E-state index in [4.69, 9.17) is 11.6 Å². The van der Waals surface area contributed by atoms with Crippen LogP contribution in [0.2, 0.25) is 5.02 Å². The van der Waals surface area contributed by atoms with E-state index in [0.29, 0.717) is 21.3 Å². The van der Waals surface area contributed by atoms with E-state index in [2.05, 4.69) is 15.5 Å². The summed E-state index contributed by atoms with van der Waals surface area (Å²) in [5.74, 6) is 0.176. The molecule has 0 saturated heterocycles. The van der Waals surface area contributed by atoms with Crippen LogP contribution >= 0.6 is 34.7 Å². The SMILES string of the molecule is Cc1ccc(C(=O)CNc2nnc(SCc3ccc(Cl)cc3)s2)cc1F. The molecular formula is C18H15ClFN3OS2. The summed E-state index contributed by atoms with van der Waals surface area (Å²) in [4.78, 5) is 12.1. The van der Waals surface area contributed by atoms with Gasteiger partial charge in [0, 0.05) is 16.3 Å². The highest BCUT2D eigenvalue weighted by molar-refractivity contribution is 8.00. The molecule has 1 heterocycles. The van der Waals surface area contributed by atoms with Crippen molar-refractivity contribution in [3.63, 3.8) is 0 Å². The molecule has 1 aromatic heterocycles. The number of nitrogens with one attached hydrogen (secondary N) is 1. The minimum absolute atomic E-state index is 0.0407. The van der Waals surface area contributed by atoms with Gasteiger partial charge in [0.15, 0.2) is 10.1 Å². The molecule has 134 valence electrons. The van der Waals surface area contributed by atoms with Gasteiger partial charge in [-0.2, -0.15) is 0 Å². The van der Waals surface area contributed by atoms with Crippen molar-refractivity contribution >= 4 is 45.6 Å². The Balaban J connectivity index is 1.52. The van der Waals surface area contributed by atoms with Gasteiger partial charge < -0.3 is 5.32 Å². The number of aromatic nitrogens is 2. The van der Waals surface area contributed by atoms with Crippen LogP contribution in [-0.2, 0) is 5.75 Å². The third kappa shape index (κ3) is 5.03. The van der Waals surface area contributed by atoms with Crippen LogP contribution in [0.25, 0.3) is 0 Å². The normalized spacial score (nSPS) is 10.7. The fourth-order valence-electron chi connectivity index (χ4n) is 2.09. The van der Waals surface area contributed by atoms with Gasteiger partial charge in [-0.1, -0.05) is 59.0 Å². The molecule has 0 atom stereocenters. The van der Waals surface area contributed by atoms with E-state index in [9.17, 15) is 9.18 Å². The molecule has 0 aliphatic heterocycles. The van der Waals surface area contributed by atoms with E-state index in [1.807, 2.05) is 24.3 Å². The number of nitrogens with zero attached hydrogens (tertiary/aromatic N) is 2. The van der Waals surface area contributed by atoms with Crippen LogP contribution in [0.4, 0.5) is 9.52 Å². The van der Waals surface area contributed by atoms with Crippen LogP contribution in [0.1, 0.15) is 21.5 Å². The second-order valence-electron chi connectivity index (χ2n) is 5.53. The minimum Gasteiger partial charge on any atom is -0.353 e. The van der Waals surface area contributed by atoms with Crippen molar-refractivity contribution in [1.82, 2.24) is 10.2 Å². The fraction of sp³-hybridized carbons (Fsp3) is 0.167. The third-order valence-corrected chi connectivity index (χ3v) is 5.91. The number of thioether (sulfide) groups is 1. The predicted octanol–water partition coefficient (Wildman–Crippen LogP) is 5.23. The molecule has 0 spiro atoms. The van der Waals surface area contributed by atoms with Gasteiger partial charge in [0.05, 0.1) is 6.54 Å². The van der Waals surface area contributed by atoms with Crippen LogP contribution in [0.15, 0.2) is 46.8 Å². The number of halogens is 2. The van der Waals surface area contributed by atoms with Gasteiger partial charge >= 0.3 is 0 Å². The molecule has 0 aliphatic rings. The van der Waals surface area contributed by atoms with Crippen molar-refractivity contribution in [1.29, 1.82) is 0 Å². The van der Waals surface area contributed by atoms with Gasteiger partial charge in [0.2, 0.25) is 5.13 Å². The summed E-state index contributed by atoms with van der Waals surface area (Å²) in [6, 6.07) is 12.1. The van der Waals surface area contributed by atoms with Crippen molar-refractivity contribution in [2.45, 2.75) is 17.0 Å². The Morgan fingerprint density at radius 3 is 2.73 bits per heavy atom. The molecule has 0 radical (unpaired) electrons. The summed E-state index contributed by atoms with van der Waals surface area (Å²) in [5.41, 5.74) is 1.99. The first kappa shape index (κ1) is 18.8. The maximum Gasteiger partial charge on any atom is 0.206 e. The molecule has 1 N–H and O–H groups in total. The first-order valence-corrected chi connectivity index (χ1v) is 9.93. The zero-order valence-corrected chi connectivity index (χ0v) is 16.2. The van der Waals surface area contributed by atoms with Gasteiger partial charge in [-0.15, -0.1) is 10.2 Å². The average molecular weight is 408 g/mol. The first-order chi connectivity index (χ1) is 12.5. The molecule has 0 bridgehead atoms. The zero-order valence-electron chi connectivity index (χ0n) is 13.8. The Morgan fingerprint density at radius 1 is 1.23 bits per heavy atom. The number of benzene rings is 2. The topological polar surface area (TPSA) is 54.9 Å². The van der Waals surface area contributed by atoms with Crippen LogP contribution < -0.4 is 5.32 Å². The number of ketones is 1. The first-order valence-electron chi connectivity index (χ1n) is 7.75. The molecule has 2 aromatic carbocycles. The van der Waals surface area contributed by atoms with Crippen LogP contribution in [0.3, 0.4) is 0 Å². The number of carbonyl (C=O) groups is 1. The van der Waals surface area contributed by atoms with Crippen molar-refractivity contribution in [3.8, 4) is 0 Å². The highest BCUT2D eigenvalue weighted by Gasteiger charge is 2.10. The third-order valence-electron chi connectivity index (χ3n) is 3.58. The summed E-state index contributed by atoms with van der Waals surface area (Å²) in [6.07, 6.45) is 0. The van der Waals surface area contributed by atoms with Crippen molar-refractivity contribution in [3.05, 3.63) is 70.0 Å². The highest BCUT2D eigenvalue weighted by atomic mass is 35.5. The zero-order chi connectivity index (χ0) is 18.5. The van der Waals surface area contributed by atoms with Crippen LogP contribution in [-0.4, -0.2) is 22.5 Å². The molecule has 0 unspecified atom stereocenters. The molecule has 3 aromatic rings. The number of hydrogen-bond acceptors (Lipinski definition) is 6. The Morgan fingerprint density at radius 2 is 2.00 bits per heavy atom. The molecule has 0 saturated carbocycles. The van der Waals surface area contributed by atoms with Gasteiger partial charge in [0.1, 0.15) is 5.82 Å². The van der Waals surface area contributed by atoms with Gasteiger partial charge in [-0.05, 0) is 36.2 Å². The second-order valence-corrected chi connectivity index (χ2v) is 8.17. The van der Waals surface area contributed by atoms with E-state index in [-0.39, 0.29) is 18.1 Å². The van der Waals surface area contributed by atoms with E-state index in [0.717, 1.165) is 15.7 Å². The van der Waals surface area contributed by atoms with Crippen molar-refractivity contribution in [2.24, 2.45) is 0 Å². The summed E-state index contributed by atoms with van der Waals surface area (Å²) in [6.45, 7) is 1.70. The van der Waals surface area contributed by atoms with E-state index in [1.165, 1.54) is 17.4 Å².